The maximum Gasteiger partial charge on any atom is 0.246 e. The summed E-state index contributed by atoms with van der Waals surface area (Å²) in [5, 5.41) is 1.02. The van der Waals surface area contributed by atoms with Gasteiger partial charge in [0.25, 0.3) is 0 Å². The summed E-state index contributed by atoms with van der Waals surface area (Å²) in [5.41, 5.74) is 3.16. The molecule has 2 aliphatic rings. The lowest BCUT2D eigenvalue weighted by molar-refractivity contribution is -0.126. The first kappa shape index (κ1) is 17.0. The van der Waals surface area contributed by atoms with Gasteiger partial charge in [0.2, 0.25) is 12.7 Å². The number of carbonyl (C=O) groups excluding carboxylic acids is 1. The largest absolute Gasteiger partial charge is 0.454 e. The fourth-order valence-electron chi connectivity index (χ4n) is 3.38. The van der Waals surface area contributed by atoms with Crippen LogP contribution in [0.1, 0.15) is 16.1 Å². The molecule has 0 fully saturated rings. The summed E-state index contributed by atoms with van der Waals surface area (Å²) < 4.78 is 10.7. The summed E-state index contributed by atoms with van der Waals surface area (Å²) in [6.07, 6.45) is 4.24. The van der Waals surface area contributed by atoms with Gasteiger partial charge in [-0.05, 0) is 23.8 Å². The van der Waals surface area contributed by atoms with Gasteiger partial charge in [-0.3, -0.25) is 4.79 Å². The molecule has 5 nitrogen and oxygen atoms in total. The monoisotopic (exact) mass is 390 g/mol. The average molecular weight is 390 g/mol. The minimum atomic E-state index is 0.0120. The van der Waals surface area contributed by atoms with Gasteiger partial charge in [0, 0.05) is 29.5 Å². The second kappa shape index (κ2) is 7.13. The van der Waals surface area contributed by atoms with Gasteiger partial charge in [0.05, 0.1) is 12.2 Å². The molecule has 0 atom stereocenters. The Morgan fingerprint density at radius 3 is 2.86 bits per heavy atom. The summed E-state index contributed by atoms with van der Waals surface area (Å²) >= 11 is 1.68. The van der Waals surface area contributed by atoms with Crippen LogP contribution in [0, 0.1) is 0 Å². The van der Waals surface area contributed by atoms with Crippen LogP contribution in [-0.4, -0.2) is 29.1 Å². The third-order valence-electron chi connectivity index (χ3n) is 4.88. The number of aromatic nitrogens is 1. The number of thiazole rings is 1. The highest BCUT2D eigenvalue weighted by Crippen LogP contribution is 2.33. The molecule has 2 aromatic carbocycles. The standard InChI is InChI=1S/C22H18N2O3S/c25-21(9-7-15-6-8-18-19(12-15)27-14-26-18)24-11-10-17-20(13-24)28-22(23-17)16-4-2-1-3-5-16/h1-9,12H,10-11,13-14H2/b9-7+. The summed E-state index contributed by atoms with van der Waals surface area (Å²) in [5.74, 6) is 1.47. The van der Waals surface area contributed by atoms with Crippen LogP contribution in [-0.2, 0) is 17.8 Å². The van der Waals surface area contributed by atoms with Crippen molar-refractivity contribution in [3.05, 3.63) is 70.7 Å². The predicted molar refractivity (Wildman–Crippen MR) is 108 cm³/mol. The first-order valence-electron chi connectivity index (χ1n) is 9.17. The first-order valence-corrected chi connectivity index (χ1v) is 9.98. The molecule has 1 aromatic heterocycles. The fourth-order valence-corrected chi connectivity index (χ4v) is 4.51. The Hall–Kier alpha value is -3.12. The predicted octanol–water partition coefficient (Wildman–Crippen LogP) is 4.14. The Morgan fingerprint density at radius 1 is 1.11 bits per heavy atom. The lowest BCUT2D eigenvalue weighted by Crippen LogP contribution is -2.34. The molecule has 3 aromatic rings. The second-order valence-electron chi connectivity index (χ2n) is 6.71. The summed E-state index contributed by atoms with van der Waals surface area (Å²) in [4.78, 5) is 20.5. The fraction of sp³-hybridized carbons (Fsp3) is 0.182. The summed E-state index contributed by atoms with van der Waals surface area (Å²) in [6.45, 7) is 1.55. The van der Waals surface area contributed by atoms with Gasteiger partial charge in [0.1, 0.15) is 5.01 Å². The van der Waals surface area contributed by atoms with E-state index in [-0.39, 0.29) is 12.7 Å². The normalized spacial score (nSPS) is 15.1. The topological polar surface area (TPSA) is 51.7 Å². The minimum Gasteiger partial charge on any atom is -0.454 e. The highest BCUT2D eigenvalue weighted by molar-refractivity contribution is 7.15. The molecule has 2 aliphatic heterocycles. The third-order valence-corrected chi connectivity index (χ3v) is 6.01. The number of fused-ring (bicyclic) bond motifs is 2. The molecule has 5 rings (SSSR count). The van der Waals surface area contributed by atoms with Crippen molar-refractivity contribution in [1.82, 2.24) is 9.88 Å². The van der Waals surface area contributed by atoms with Crippen molar-refractivity contribution >= 4 is 23.3 Å². The molecule has 0 aliphatic carbocycles. The van der Waals surface area contributed by atoms with Crippen LogP contribution in [0.15, 0.2) is 54.6 Å². The SMILES string of the molecule is O=C(/C=C/c1ccc2c(c1)OCO2)N1CCc2nc(-c3ccccc3)sc2C1. The molecule has 1 amide bonds. The number of carbonyl (C=O) groups is 1. The van der Waals surface area contributed by atoms with Gasteiger partial charge in [-0.25, -0.2) is 4.98 Å². The van der Waals surface area contributed by atoms with Gasteiger partial charge in [-0.15, -0.1) is 11.3 Å². The molecule has 28 heavy (non-hydrogen) atoms. The van der Waals surface area contributed by atoms with Crippen molar-refractivity contribution in [3.8, 4) is 22.1 Å². The zero-order valence-corrected chi connectivity index (χ0v) is 15.9. The van der Waals surface area contributed by atoms with Crippen molar-refractivity contribution in [2.45, 2.75) is 13.0 Å². The van der Waals surface area contributed by atoms with Gasteiger partial charge < -0.3 is 14.4 Å². The van der Waals surface area contributed by atoms with Crippen LogP contribution in [0.2, 0.25) is 0 Å². The van der Waals surface area contributed by atoms with E-state index in [0.717, 1.165) is 39.7 Å². The van der Waals surface area contributed by atoms with E-state index in [0.29, 0.717) is 13.1 Å². The maximum absolute atomic E-state index is 12.7. The molecule has 0 radical (unpaired) electrons. The molecule has 0 saturated carbocycles. The van der Waals surface area contributed by atoms with Crippen molar-refractivity contribution in [3.63, 3.8) is 0 Å². The molecule has 0 saturated heterocycles. The maximum atomic E-state index is 12.7. The number of hydrogen-bond donors (Lipinski definition) is 0. The van der Waals surface area contributed by atoms with E-state index in [9.17, 15) is 4.79 Å². The second-order valence-corrected chi connectivity index (χ2v) is 7.79. The van der Waals surface area contributed by atoms with E-state index < -0.39 is 0 Å². The Balaban J connectivity index is 1.29. The summed E-state index contributed by atoms with van der Waals surface area (Å²) in [7, 11) is 0. The molecule has 0 spiro atoms. The molecule has 3 heterocycles. The van der Waals surface area contributed by atoms with Crippen molar-refractivity contribution < 1.29 is 14.3 Å². The van der Waals surface area contributed by atoms with Gasteiger partial charge in [0.15, 0.2) is 11.5 Å². The van der Waals surface area contributed by atoms with Crippen LogP contribution in [0.25, 0.3) is 16.6 Å². The minimum absolute atomic E-state index is 0.0120. The van der Waals surface area contributed by atoms with E-state index in [4.69, 9.17) is 14.5 Å². The highest BCUT2D eigenvalue weighted by atomic mass is 32.1. The zero-order chi connectivity index (χ0) is 18.9. The van der Waals surface area contributed by atoms with Crippen LogP contribution in [0.5, 0.6) is 11.5 Å². The van der Waals surface area contributed by atoms with Crippen molar-refractivity contribution in [1.29, 1.82) is 0 Å². The molecule has 0 N–H and O–H groups in total. The number of hydrogen-bond acceptors (Lipinski definition) is 5. The van der Waals surface area contributed by atoms with Crippen LogP contribution < -0.4 is 9.47 Å². The lowest BCUT2D eigenvalue weighted by Gasteiger charge is -2.24. The third kappa shape index (κ3) is 3.27. The van der Waals surface area contributed by atoms with E-state index in [1.165, 1.54) is 4.88 Å². The van der Waals surface area contributed by atoms with Gasteiger partial charge in [-0.1, -0.05) is 36.4 Å². The van der Waals surface area contributed by atoms with E-state index in [1.54, 1.807) is 17.4 Å². The highest BCUT2D eigenvalue weighted by Gasteiger charge is 2.23. The number of nitrogens with zero attached hydrogens (tertiary/aromatic N) is 2. The van der Waals surface area contributed by atoms with Crippen molar-refractivity contribution in [2.75, 3.05) is 13.3 Å². The van der Waals surface area contributed by atoms with Crippen LogP contribution in [0.3, 0.4) is 0 Å². The van der Waals surface area contributed by atoms with Crippen molar-refractivity contribution in [2.24, 2.45) is 0 Å². The van der Waals surface area contributed by atoms with Gasteiger partial charge in [-0.2, -0.15) is 0 Å². The Morgan fingerprint density at radius 2 is 1.96 bits per heavy atom. The smallest absolute Gasteiger partial charge is 0.246 e. The van der Waals surface area contributed by atoms with Gasteiger partial charge >= 0.3 is 0 Å². The van der Waals surface area contributed by atoms with E-state index in [1.807, 2.05) is 47.4 Å². The number of amides is 1. The first-order chi connectivity index (χ1) is 13.8. The zero-order valence-electron chi connectivity index (χ0n) is 15.1. The lowest BCUT2D eigenvalue weighted by atomic mass is 10.1. The molecule has 140 valence electrons. The molecular weight excluding hydrogens is 372 g/mol. The van der Waals surface area contributed by atoms with E-state index in [2.05, 4.69) is 12.1 Å². The Labute approximate surface area is 166 Å². The van der Waals surface area contributed by atoms with E-state index >= 15 is 0 Å². The molecule has 0 bridgehead atoms. The number of rotatable bonds is 3. The van der Waals surface area contributed by atoms with Crippen LogP contribution >= 0.6 is 11.3 Å². The molecule has 6 heteroatoms. The molecular formula is C22H18N2O3S. The Bertz CT molecular complexity index is 1060. The van der Waals surface area contributed by atoms with Crippen LogP contribution in [0.4, 0.5) is 0 Å². The Kier molecular flexibility index (Phi) is 4.33. The average Bonchev–Trinajstić information content (AvgIpc) is 3.38. The quantitative estimate of drug-likeness (QED) is 0.631. The number of ether oxygens (including phenoxy) is 2. The summed E-state index contributed by atoms with van der Waals surface area (Å²) in [6, 6.07) is 15.9. The number of benzene rings is 2. The molecule has 0 unspecified atom stereocenters.